The highest BCUT2D eigenvalue weighted by atomic mass is 32.2. The van der Waals surface area contributed by atoms with Crippen LogP contribution in [0.4, 0.5) is 5.82 Å². The smallest absolute Gasteiger partial charge is 0.248 e. The Kier molecular flexibility index (Phi) is 3.93. The number of nitrogens with zero attached hydrogens (tertiary/aromatic N) is 2. The summed E-state index contributed by atoms with van der Waals surface area (Å²) in [6.07, 6.45) is 2.17. The first-order valence-electron chi connectivity index (χ1n) is 5.14. The van der Waals surface area contributed by atoms with E-state index in [-0.39, 0.29) is 10.7 Å². The number of rotatable bonds is 5. The third kappa shape index (κ3) is 2.53. The van der Waals surface area contributed by atoms with Crippen molar-refractivity contribution >= 4 is 15.8 Å². The average Bonchev–Trinajstić information content (AvgIpc) is 2.64. The van der Waals surface area contributed by atoms with E-state index in [2.05, 4.69) is 10.2 Å². The number of nitrogens with one attached hydrogen (secondary N) is 1. The van der Waals surface area contributed by atoms with Crippen LogP contribution in [-0.2, 0) is 10.0 Å². The van der Waals surface area contributed by atoms with E-state index in [1.807, 2.05) is 13.8 Å². The molecule has 1 atom stereocenters. The summed E-state index contributed by atoms with van der Waals surface area (Å²) in [7, 11) is -1.97. The van der Waals surface area contributed by atoms with Gasteiger partial charge in [-0.15, -0.1) is 0 Å². The predicted molar refractivity (Wildman–Crippen MR) is 62.3 cm³/mol. The number of sulfonamides is 1. The van der Waals surface area contributed by atoms with E-state index in [4.69, 9.17) is 5.73 Å². The van der Waals surface area contributed by atoms with Crippen LogP contribution in [-0.4, -0.2) is 36.5 Å². The number of nitrogens with two attached hydrogens (primary N) is 1. The molecule has 0 amide bonds. The second-order valence-electron chi connectivity index (χ2n) is 3.95. The van der Waals surface area contributed by atoms with Gasteiger partial charge in [0, 0.05) is 13.6 Å². The maximum absolute atomic E-state index is 12.1. The third-order valence-corrected chi connectivity index (χ3v) is 4.44. The Morgan fingerprint density at radius 2 is 2.25 bits per heavy atom. The predicted octanol–water partition coefficient (Wildman–Crippen LogP) is 0.659. The zero-order valence-electron chi connectivity index (χ0n) is 9.77. The van der Waals surface area contributed by atoms with Gasteiger partial charge in [0.25, 0.3) is 0 Å². The van der Waals surface area contributed by atoms with E-state index in [9.17, 15) is 8.42 Å². The number of hydrogen-bond acceptors (Lipinski definition) is 4. The SMILES string of the molecule is CCC(C)CN(C)S(=O)(=O)c1cn[nH]c1N. The lowest BCUT2D eigenvalue weighted by Gasteiger charge is -2.19. The van der Waals surface area contributed by atoms with Gasteiger partial charge in [0.15, 0.2) is 0 Å². The van der Waals surface area contributed by atoms with Crippen LogP contribution in [0.25, 0.3) is 0 Å². The Morgan fingerprint density at radius 1 is 1.62 bits per heavy atom. The first-order valence-corrected chi connectivity index (χ1v) is 6.58. The van der Waals surface area contributed by atoms with Crippen LogP contribution >= 0.6 is 0 Å². The summed E-state index contributed by atoms with van der Waals surface area (Å²) in [5.41, 5.74) is 5.50. The van der Waals surface area contributed by atoms with E-state index in [1.54, 1.807) is 7.05 Å². The van der Waals surface area contributed by atoms with Crippen molar-refractivity contribution in [2.24, 2.45) is 5.92 Å². The molecule has 0 aliphatic carbocycles. The molecule has 3 N–H and O–H groups in total. The van der Waals surface area contributed by atoms with Crippen LogP contribution in [0.2, 0.25) is 0 Å². The van der Waals surface area contributed by atoms with Crippen molar-refractivity contribution in [3.8, 4) is 0 Å². The lowest BCUT2D eigenvalue weighted by molar-refractivity contribution is 0.394. The molecule has 1 heterocycles. The highest BCUT2D eigenvalue weighted by Gasteiger charge is 2.25. The van der Waals surface area contributed by atoms with Crippen LogP contribution < -0.4 is 5.73 Å². The highest BCUT2D eigenvalue weighted by molar-refractivity contribution is 7.89. The van der Waals surface area contributed by atoms with Crippen LogP contribution in [0.15, 0.2) is 11.1 Å². The fourth-order valence-corrected chi connectivity index (χ4v) is 2.62. The molecule has 0 aromatic carbocycles. The summed E-state index contributed by atoms with van der Waals surface area (Å²) in [5.74, 6) is 0.393. The summed E-state index contributed by atoms with van der Waals surface area (Å²) in [5, 5.41) is 6.03. The molecule has 1 aromatic heterocycles. The Hall–Kier alpha value is -1.08. The van der Waals surface area contributed by atoms with Gasteiger partial charge in [-0.3, -0.25) is 5.10 Å². The summed E-state index contributed by atoms with van der Waals surface area (Å²) in [4.78, 5) is 0.0401. The molecule has 16 heavy (non-hydrogen) atoms. The van der Waals surface area contributed by atoms with Gasteiger partial charge in [0.2, 0.25) is 10.0 Å². The second kappa shape index (κ2) is 4.84. The van der Waals surface area contributed by atoms with Crippen LogP contribution in [0, 0.1) is 5.92 Å². The summed E-state index contributed by atoms with van der Waals surface area (Å²) in [6, 6.07) is 0. The first kappa shape index (κ1) is 13.0. The molecule has 0 spiro atoms. The minimum atomic E-state index is -3.52. The van der Waals surface area contributed by atoms with Crippen molar-refractivity contribution in [2.45, 2.75) is 25.2 Å². The quantitative estimate of drug-likeness (QED) is 0.798. The lowest BCUT2D eigenvalue weighted by Crippen LogP contribution is -2.31. The molecule has 1 unspecified atom stereocenters. The molecule has 1 aromatic rings. The molecule has 0 fully saturated rings. The number of aromatic nitrogens is 2. The fraction of sp³-hybridized carbons (Fsp3) is 0.667. The third-order valence-electron chi connectivity index (χ3n) is 2.59. The molecule has 0 saturated heterocycles. The largest absolute Gasteiger partial charge is 0.383 e. The molecule has 0 aliphatic heterocycles. The van der Waals surface area contributed by atoms with Crippen molar-refractivity contribution < 1.29 is 8.42 Å². The van der Waals surface area contributed by atoms with Gasteiger partial charge < -0.3 is 5.73 Å². The monoisotopic (exact) mass is 246 g/mol. The van der Waals surface area contributed by atoms with Crippen molar-refractivity contribution in [1.29, 1.82) is 0 Å². The Balaban J connectivity index is 2.91. The number of anilines is 1. The van der Waals surface area contributed by atoms with Crippen LogP contribution in [0.5, 0.6) is 0 Å². The lowest BCUT2D eigenvalue weighted by atomic mass is 10.1. The fourth-order valence-electron chi connectivity index (χ4n) is 1.32. The normalized spacial score (nSPS) is 14.2. The molecular formula is C9H18N4O2S. The molecule has 0 aliphatic rings. The van der Waals surface area contributed by atoms with E-state index >= 15 is 0 Å². The van der Waals surface area contributed by atoms with Gasteiger partial charge in [-0.2, -0.15) is 5.10 Å². The van der Waals surface area contributed by atoms with Gasteiger partial charge in [0.05, 0.1) is 6.20 Å². The first-order chi connectivity index (χ1) is 7.39. The minimum Gasteiger partial charge on any atom is -0.383 e. The molecule has 0 bridgehead atoms. The molecule has 1 rings (SSSR count). The van der Waals surface area contributed by atoms with Crippen LogP contribution in [0.3, 0.4) is 0 Å². The van der Waals surface area contributed by atoms with Crippen molar-refractivity contribution in [2.75, 3.05) is 19.3 Å². The summed E-state index contributed by atoms with van der Waals surface area (Å²) < 4.78 is 25.4. The molecule has 7 heteroatoms. The number of aromatic amines is 1. The highest BCUT2D eigenvalue weighted by Crippen LogP contribution is 2.19. The number of H-pyrrole nitrogens is 1. The minimum absolute atomic E-state index is 0.0401. The van der Waals surface area contributed by atoms with Gasteiger partial charge in [-0.25, -0.2) is 12.7 Å². The van der Waals surface area contributed by atoms with Crippen molar-refractivity contribution in [1.82, 2.24) is 14.5 Å². The number of nitrogen functional groups attached to an aromatic ring is 1. The van der Waals surface area contributed by atoms with E-state index in [0.29, 0.717) is 12.5 Å². The van der Waals surface area contributed by atoms with E-state index in [1.165, 1.54) is 10.5 Å². The van der Waals surface area contributed by atoms with Gasteiger partial charge in [0.1, 0.15) is 10.7 Å². The van der Waals surface area contributed by atoms with E-state index < -0.39 is 10.0 Å². The zero-order valence-corrected chi connectivity index (χ0v) is 10.6. The maximum atomic E-state index is 12.1. The molecule has 6 nitrogen and oxygen atoms in total. The van der Waals surface area contributed by atoms with Crippen molar-refractivity contribution in [3.63, 3.8) is 0 Å². The zero-order chi connectivity index (χ0) is 12.3. The molecule has 0 radical (unpaired) electrons. The van der Waals surface area contributed by atoms with Gasteiger partial charge >= 0.3 is 0 Å². The molecule has 92 valence electrons. The Labute approximate surface area is 95.9 Å². The summed E-state index contributed by atoms with van der Waals surface area (Å²) in [6.45, 7) is 4.51. The van der Waals surface area contributed by atoms with Crippen molar-refractivity contribution in [3.05, 3.63) is 6.20 Å². The Bertz CT molecular complexity index is 440. The topological polar surface area (TPSA) is 92.1 Å². The van der Waals surface area contributed by atoms with Gasteiger partial charge in [-0.05, 0) is 5.92 Å². The summed E-state index contributed by atoms with van der Waals surface area (Å²) >= 11 is 0. The number of hydrogen-bond donors (Lipinski definition) is 2. The van der Waals surface area contributed by atoms with Crippen LogP contribution in [0.1, 0.15) is 20.3 Å². The molecular weight excluding hydrogens is 228 g/mol. The maximum Gasteiger partial charge on any atom is 0.248 e. The Morgan fingerprint density at radius 3 is 2.69 bits per heavy atom. The van der Waals surface area contributed by atoms with Gasteiger partial charge in [-0.1, -0.05) is 20.3 Å². The van der Waals surface area contributed by atoms with E-state index in [0.717, 1.165) is 6.42 Å². The standard InChI is InChI=1S/C9H18N4O2S/c1-4-7(2)6-13(3)16(14,15)8-5-11-12-9(8)10/h5,7H,4,6H2,1-3H3,(H3,10,11,12). The average molecular weight is 246 g/mol. The molecule has 0 saturated carbocycles. The second-order valence-corrected chi connectivity index (χ2v) is 5.96.